The fourth-order valence-corrected chi connectivity index (χ4v) is 6.74. The minimum absolute atomic E-state index is 0.0745. The lowest BCUT2D eigenvalue weighted by molar-refractivity contribution is -0.137. The molecule has 1 aliphatic carbocycles. The lowest BCUT2D eigenvalue weighted by Crippen LogP contribution is -2.29. The number of halogens is 3. The highest BCUT2D eigenvalue weighted by atomic mass is 32.2. The zero-order valence-corrected chi connectivity index (χ0v) is 20.8. The molecule has 3 N–H and O–H groups in total. The summed E-state index contributed by atoms with van der Waals surface area (Å²) in [6.07, 6.45) is 2.13. The normalized spacial score (nSPS) is 19.0. The van der Waals surface area contributed by atoms with Crippen molar-refractivity contribution in [3.8, 4) is 10.6 Å². The van der Waals surface area contributed by atoms with E-state index in [1.807, 2.05) is 10.9 Å². The van der Waals surface area contributed by atoms with Crippen molar-refractivity contribution in [2.45, 2.75) is 48.7 Å². The number of fused-ring (bicyclic) bond motifs is 1. The predicted octanol–water partition coefficient (Wildman–Crippen LogP) is 4.80. The second-order valence-electron chi connectivity index (χ2n) is 9.15. The topological polar surface area (TPSA) is 96.8 Å². The first-order valence-electron chi connectivity index (χ1n) is 11.9. The Kier molecular flexibility index (Phi) is 6.16. The molecular weight excluding hydrogens is 511 g/mol. The van der Waals surface area contributed by atoms with E-state index >= 15 is 0 Å². The summed E-state index contributed by atoms with van der Waals surface area (Å²) in [5.41, 5.74) is 0.487. The van der Waals surface area contributed by atoms with Gasteiger partial charge in [-0.2, -0.15) is 18.3 Å². The number of hydrogen-bond donors (Lipinski definition) is 3. The Balaban J connectivity index is 1.36. The Bertz CT molecular complexity index is 1300. The molecule has 0 bridgehead atoms. The highest BCUT2D eigenvalue weighted by Crippen LogP contribution is 2.45. The van der Waals surface area contributed by atoms with Crippen LogP contribution in [0.2, 0.25) is 0 Å². The van der Waals surface area contributed by atoms with Crippen molar-refractivity contribution in [2.75, 3.05) is 30.7 Å². The van der Waals surface area contributed by atoms with Gasteiger partial charge in [-0.1, -0.05) is 0 Å². The quantitative estimate of drug-likeness (QED) is 0.432. The Labute approximate surface area is 213 Å². The molecule has 190 valence electrons. The van der Waals surface area contributed by atoms with Crippen LogP contribution >= 0.6 is 23.1 Å². The van der Waals surface area contributed by atoms with Crippen LogP contribution in [0.4, 0.5) is 24.8 Å². The summed E-state index contributed by atoms with van der Waals surface area (Å²) in [5, 5.41) is 14.1. The number of thioether (sulfide) groups is 1. The Morgan fingerprint density at radius 2 is 1.94 bits per heavy atom. The van der Waals surface area contributed by atoms with Gasteiger partial charge in [0.05, 0.1) is 28.0 Å². The highest BCUT2D eigenvalue weighted by molar-refractivity contribution is 7.99. The van der Waals surface area contributed by atoms with Crippen molar-refractivity contribution in [2.24, 2.45) is 0 Å². The van der Waals surface area contributed by atoms with Gasteiger partial charge in [0.25, 0.3) is 5.91 Å². The second kappa shape index (κ2) is 9.34. The first kappa shape index (κ1) is 23.7. The lowest BCUT2D eigenvalue weighted by atomic mass is 10.1. The van der Waals surface area contributed by atoms with Crippen LogP contribution in [0.25, 0.3) is 10.6 Å². The van der Waals surface area contributed by atoms with Gasteiger partial charge in [0, 0.05) is 35.5 Å². The molecule has 0 aromatic carbocycles. The van der Waals surface area contributed by atoms with Gasteiger partial charge in [0.1, 0.15) is 10.4 Å². The molecule has 3 aliphatic rings. The summed E-state index contributed by atoms with van der Waals surface area (Å²) in [7, 11) is 0. The molecule has 0 spiro atoms. The lowest BCUT2D eigenvalue weighted by Gasteiger charge is -2.22. The van der Waals surface area contributed by atoms with Gasteiger partial charge in [-0.3, -0.25) is 9.48 Å². The van der Waals surface area contributed by atoms with Crippen LogP contribution in [0.5, 0.6) is 0 Å². The van der Waals surface area contributed by atoms with Crippen LogP contribution in [-0.4, -0.2) is 51.0 Å². The number of alkyl halides is 3. The summed E-state index contributed by atoms with van der Waals surface area (Å²) >= 11 is 2.47. The summed E-state index contributed by atoms with van der Waals surface area (Å²) in [6, 6.07) is 1.91. The first-order chi connectivity index (χ1) is 17.4. The molecule has 3 aromatic rings. The summed E-state index contributed by atoms with van der Waals surface area (Å²) in [4.78, 5) is 22.1. The van der Waals surface area contributed by atoms with E-state index in [1.165, 1.54) is 11.8 Å². The fourth-order valence-electron chi connectivity index (χ4n) is 4.54. The zero-order chi connectivity index (χ0) is 24.9. The molecule has 1 amide bonds. The Morgan fingerprint density at radius 3 is 2.69 bits per heavy atom. The SMILES string of the molecule is O=C1NCCSc2cc(-c3nc(Nc4cn(C5CCNCC5)nc4C4CC4)ncc3C(F)(F)F)sc21. The second-order valence-corrected chi connectivity index (χ2v) is 11.3. The van der Waals surface area contributed by atoms with Crippen LogP contribution in [0.15, 0.2) is 23.4 Å². The molecule has 3 aromatic heterocycles. The molecule has 2 aliphatic heterocycles. The van der Waals surface area contributed by atoms with Crippen molar-refractivity contribution in [1.82, 2.24) is 30.4 Å². The molecule has 5 heterocycles. The largest absolute Gasteiger partial charge is 0.420 e. The van der Waals surface area contributed by atoms with Crippen LogP contribution < -0.4 is 16.0 Å². The number of anilines is 2. The standard InChI is InChI=1S/C23H24F3N7OS2/c24-23(25,26)14-10-29-22(31-19(14)16-9-17-20(36-16)21(34)28-7-8-35-17)30-15-11-33(13-3-5-27-6-4-13)32-18(15)12-1-2-12/h9-13,27H,1-8H2,(H,28,34)(H,29,30,31). The van der Waals surface area contributed by atoms with E-state index in [0.717, 1.165) is 67.7 Å². The smallest absolute Gasteiger partial charge is 0.350 e. The van der Waals surface area contributed by atoms with E-state index < -0.39 is 11.7 Å². The number of thiophene rings is 1. The van der Waals surface area contributed by atoms with Crippen molar-refractivity contribution < 1.29 is 18.0 Å². The molecule has 1 saturated carbocycles. The number of amides is 1. The third-order valence-corrected chi connectivity index (χ3v) is 8.84. The van der Waals surface area contributed by atoms with Gasteiger partial charge in [-0.25, -0.2) is 9.97 Å². The molecule has 8 nitrogen and oxygen atoms in total. The van der Waals surface area contributed by atoms with Crippen molar-refractivity contribution in [3.05, 3.63) is 34.6 Å². The van der Waals surface area contributed by atoms with Gasteiger partial charge in [-0.15, -0.1) is 23.1 Å². The summed E-state index contributed by atoms with van der Waals surface area (Å²) in [6.45, 7) is 2.38. The first-order valence-corrected chi connectivity index (χ1v) is 13.7. The molecule has 0 atom stereocenters. The van der Waals surface area contributed by atoms with E-state index in [2.05, 4.69) is 25.9 Å². The number of nitrogens with zero attached hydrogens (tertiary/aromatic N) is 4. The third-order valence-electron chi connectivity index (χ3n) is 6.53. The predicted molar refractivity (Wildman–Crippen MR) is 132 cm³/mol. The third kappa shape index (κ3) is 4.71. The van der Waals surface area contributed by atoms with Gasteiger partial charge in [0.2, 0.25) is 5.95 Å². The Hall–Kier alpha value is -2.64. The number of carbonyl (C=O) groups excluding carboxylic acids is 1. The molecule has 0 unspecified atom stereocenters. The molecule has 6 rings (SSSR count). The van der Waals surface area contributed by atoms with Crippen LogP contribution in [0.1, 0.15) is 58.6 Å². The molecule has 36 heavy (non-hydrogen) atoms. The van der Waals surface area contributed by atoms with E-state index in [-0.39, 0.29) is 28.5 Å². The average molecular weight is 536 g/mol. The maximum Gasteiger partial charge on any atom is 0.420 e. The van der Waals surface area contributed by atoms with E-state index in [9.17, 15) is 18.0 Å². The van der Waals surface area contributed by atoms with Gasteiger partial charge >= 0.3 is 6.18 Å². The monoisotopic (exact) mass is 535 g/mol. The Morgan fingerprint density at radius 1 is 1.14 bits per heavy atom. The summed E-state index contributed by atoms with van der Waals surface area (Å²) in [5.74, 6) is 0.799. The number of piperidine rings is 1. The highest BCUT2D eigenvalue weighted by Gasteiger charge is 2.37. The molecule has 1 saturated heterocycles. The van der Waals surface area contributed by atoms with Gasteiger partial charge in [0.15, 0.2) is 0 Å². The minimum Gasteiger partial charge on any atom is -0.350 e. The van der Waals surface area contributed by atoms with Crippen molar-refractivity contribution in [3.63, 3.8) is 0 Å². The zero-order valence-electron chi connectivity index (χ0n) is 19.2. The molecule has 0 radical (unpaired) electrons. The fraction of sp³-hybridized carbons (Fsp3) is 0.478. The molecular formula is C23H24F3N7OS2. The van der Waals surface area contributed by atoms with Crippen LogP contribution in [-0.2, 0) is 6.18 Å². The molecule has 13 heteroatoms. The summed E-state index contributed by atoms with van der Waals surface area (Å²) < 4.78 is 43.7. The van der Waals surface area contributed by atoms with Gasteiger partial charge < -0.3 is 16.0 Å². The van der Waals surface area contributed by atoms with Crippen molar-refractivity contribution >= 4 is 40.6 Å². The van der Waals surface area contributed by atoms with Crippen LogP contribution in [0, 0.1) is 0 Å². The van der Waals surface area contributed by atoms with Crippen molar-refractivity contribution in [1.29, 1.82) is 0 Å². The number of nitrogens with one attached hydrogen (secondary N) is 3. The van der Waals surface area contributed by atoms with E-state index in [0.29, 0.717) is 28.0 Å². The number of aromatic nitrogens is 4. The van der Waals surface area contributed by atoms with E-state index in [4.69, 9.17) is 5.10 Å². The van der Waals surface area contributed by atoms with E-state index in [1.54, 1.807) is 6.07 Å². The number of carbonyl (C=O) groups is 1. The maximum absolute atomic E-state index is 13.9. The minimum atomic E-state index is -4.64. The maximum atomic E-state index is 13.9. The van der Waals surface area contributed by atoms with Crippen LogP contribution in [0.3, 0.4) is 0 Å². The average Bonchev–Trinajstić information content (AvgIpc) is 3.53. The molecule has 2 fully saturated rings. The number of hydrogen-bond acceptors (Lipinski definition) is 8. The van der Waals surface area contributed by atoms with Gasteiger partial charge in [-0.05, 0) is 44.8 Å². The number of rotatable bonds is 5.